The monoisotopic (exact) mass is 214 g/mol. The van der Waals surface area contributed by atoms with E-state index in [4.69, 9.17) is 11.6 Å². The van der Waals surface area contributed by atoms with Gasteiger partial charge in [-0.05, 0) is 13.2 Å². The van der Waals surface area contributed by atoms with Crippen LogP contribution >= 0.6 is 23.4 Å². The second-order valence-corrected chi connectivity index (χ2v) is 3.65. The Hall–Kier alpha value is -0.810. The van der Waals surface area contributed by atoms with Gasteiger partial charge in [-0.3, -0.25) is 0 Å². The zero-order valence-corrected chi connectivity index (χ0v) is 8.70. The van der Waals surface area contributed by atoms with E-state index in [2.05, 4.69) is 19.9 Å². The molecule has 0 bridgehead atoms. The molecule has 0 radical (unpaired) electrons. The van der Waals surface area contributed by atoms with Crippen LogP contribution in [0.15, 0.2) is 5.16 Å². The number of aryl methyl sites for hydroxylation is 1. The fraction of sp³-hybridized carbons (Fsp3) is 0.286. The van der Waals surface area contributed by atoms with E-state index in [1.165, 1.54) is 11.8 Å². The number of aromatic amines is 1. The lowest BCUT2D eigenvalue weighted by atomic mass is 10.6. The zero-order valence-electron chi connectivity index (χ0n) is 7.13. The van der Waals surface area contributed by atoms with E-state index in [0.717, 1.165) is 5.82 Å². The number of imidazole rings is 1. The summed E-state index contributed by atoms with van der Waals surface area (Å²) < 4.78 is 0. The van der Waals surface area contributed by atoms with Crippen LogP contribution in [0.4, 0.5) is 0 Å². The van der Waals surface area contributed by atoms with E-state index in [1.54, 1.807) is 0 Å². The molecule has 2 aromatic rings. The van der Waals surface area contributed by atoms with Crippen molar-refractivity contribution in [1.82, 2.24) is 19.9 Å². The van der Waals surface area contributed by atoms with E-state index in [1.807, 2.05) is 13.2 Å². The quantitative estimate of drug-likeness (QED) is 0.449. The van der Waals surface area contributed by atoms with Gasteiger partial charge < -0.3 is 4.98 Å². The van der Waals surface area contributed by atoms with Crippen LogP contribution in [0.25, 0.3) is 11.2 Å². The maximum atomic E-state index is 5.92. The number of thioether (sulfide) groups is 1. The van der Waals surface area contributed by atoms with Gasteiger partial charge in [0.25, 0.3) is 0 Å². The Morgan fingerprint density at radius 3 is 2.77 bits per heavy atom. The van der Waals surface area contributed by atoms with Crippen molar-refractivity contribution in [3.8, 4) is 0 Å². The normalized spacial score (nSPS) is 11.0. The fourth-order valence-corrected chi connectivity index (χ4v) is 1.67. The van der Waals surface area contributed by atoms with Crippen LogP contribution in [0.5, 0.6) is 0 Å². The second-order valence-electron chi connectivity index (χ2n) is 2.52. The van der Waals surface area contributed by atoms with Crippen LogP contribution in [-0.2, 0) is 0 Å². The minimum atomic E-state index is 0.426. The molecule has 0 amide bonds. The van der Waals surface area contributed by atoms with Gasteiger partial charge in [0.1, 0.15) is 11.3 Å². The van der Waals surface area contributed by atoms with Crippen molar-refractivity contribution in [1.29, 1.82) is 0 Å². The molecule has 2 rings (SSSR count). The molecule has 0 aliphatic heterocycles. The molecule has 68 valence electrons. The van der Waals surface area contributed by atoms with Gasteiger partial charge in [-0.2, -0.15) is 0 Å². The molecule has 0 spiro atoms. The highest BCUT2D eigenvalue weighted by Crippen LogP contribution is 2.20. The molecule has 0 unspecified atom stereocenters. The van der Waals surface area contributed by atoms with Gasteiger partial charge in [-0.25, -0.2) is 15.0 Å². The highest BCUT2D eigenvalue weighted by atomic mass is 35.5. The summed E-state index contributed by atoms with van der Waals surface area (Å²) in [6.07, 6.45) is 1.90. The first-order valence-electron chi connectivity index (χ1n) is 3.64. The summed E-state index contributed by atoms with van der Waals surface area (Å²) in [5, 5.41) is 1.07. The van der Waals surface area contributed by atoms with Gasteiger partial charge in [0.2, 0.25) is 0 Å². The molecule has 0 aliphatic rings. The fourth-order valence-electron chi connectivity index (χ4n) is 1.05. The molecule has 0 aromatic carbocycles. The van der Waals surface area contributed by atoms with Crippen molar-refractivity contribution >= 4 is 34.5 Å². The van der Waals surface area contributed by atoms with E-state index in [-0.39, 0.29) is 0 Å². The Kier molecular flexibility index (Phi) is 2.13. The van der Waals surface area contributed by atoms with Crippen molar-refractivity contribution in [2.75, 3.05) is 6.26 Å². The average Bonchev–Trinajstić information content (AvgIpc) is 2.46. The molecule has 13 heavy (non-hydrogen) atoms. The van der Waals surface area contributed by atoms with Crippen molar-refractivity contribution < 1.29 is 0 Å². The van der Waals surface area contributed by atoms with Crippen molar-refractivity contribution in [2.24, 2.45) is 0 Å². The maximum Gasteiger partial charge on any atom is 0.190 e. The van der Waals surface area contributed by atoms with Gasteiger partial charge in [-0.15, -0.1) is 0 Å². The molecule has 0 fully saturated rings. The van der Waals surface area contributed by atoms with E-state index in [0.29, 0.717) is 21.5 Å². The molecule has 1 N–H and O–H groups in total. The standard InChI is InChI=1S/C7H7ClN4S/c1-3-9-4-5(8)11-7(13-2)12-6(4)10-3/h1-2H3,(H,9,10,11,12). The summed E-state index contributed by atoms with van der Waals surface area (Å²) in [4.78, 5) is 15.5. The first kappa shape index (κ1) is 8.77. The van der Waals surface area contributed by atoms with E-state index < -0.39 is 0 Å². The van der Waals surface area contributed by atoms with Gasteiger partial charge in [0, 0.05) is 0 Å². The van der Waals surface area contributed by atoms with Crippen LogP contribution < -0.4 is 0 Å². The molecule has 2 aromatic heterocycles. The summed E-state index contributed by atoms with van der Waals surface area (Å²) in [5.41, 5.74) is 1.33. The molecule has 0 aliphatic carbocycles. The SMILES string of the molecule is CSc1nc(Cl)c2[nH]c(C)nc2n1. The molecular formula is C7H7ClN4S. The second kappa shape index (κ2) is 3.16. The molecule has 0 saturated carbocycles. The van der Waals surface area contributed by atoms with Crippen LogP contribution in [0, 0.1) is 6.92 Å². The van der Waals surface area contributed by atoms with Crippen LogP contribution in [0.3, 0.4) is 0 Å². The first-order chi connectivity index (χ1) is 6.20. The van der Waals surface area contributed by atoms with Gasteiger partial charge in [0.05, 0.1) is 0 Å². The summed E-state index contributed by atoms with van der Waals surface area (Å²) in [7, 11) is 0. The number of fused-ring (bicyclic) bond motifs is 1. The molecule has 4 nitrogen and oxygen atoms in total. The van der Waals surface area contributed by atoms with Gasteiger partial charge >= 0.3 is 0 Å². The Labute approximate surface area is 84.1 Å². The summed E-state index contributed by atoms with van der Waals surface area (Å²) in [6.45, 7) is 1.86. The third kappa shape index (κ3) is 1.49. The van der Waals surface area contributed by atoms with Crippen molar-refractivity contribution in [3.63, 3.8) is 0 Å². The highest BCUT2D eigenvalue weighted by Gasteiger charge is 2.08. The largest absolute Gasteiger partial charge is 0.338 e. The Balaban J connectivity index is 2.75. The lowest BCUT2D eigenvalue weighted by Crippen LogP contribution is -1.87. The topological polar surface area (TPSA) is 54.5 Å². The molecule has 0 atom stereocenters. The third-order valence-corrected chi connectivity index (χ3v) is 2.41. The maximum absolute atomic E-state index is 5.92. The number of hydrogen-bond donors (Lipinski definition) is 1. The number of nitrogens with zero attached hydrogens (tertiary/aromatic N) is 3. The summed E-state index contributed by atoms with van der Waals surface area (Å²) in [5.74, 6) is 0.796. The summed E-state index contributed by atoms with van der Waals surface area (Å²) in [6, 6.07) is 0. The number of hydrogen-bond acceptors (Lipinski definition) is 4. The van der Waals surface area contributed by atoms with Crippen LogP contribution in [0.2, 0.25) is 5.15 Å². The smallest absolute Gasteiger partial charge is 0.190 e. The zero-order chi connectivity index (χ0) is 9.42. The number of H-pyrrole nitrogens is 1. The Morgan fingerprint density at radius 1 is 1.31 bits per heavy atom. The Morgan fingerprint density at radius 2 is 2.08 bits per heavy atom. The lowest BCUT2D eigenvalue weighted by molar-refractivity contribution is 0.996. The van der Waals surface area contributed by atoms with Gasteiger partial charge in [0.15, 0.2) is 16.0 Å². The molecule has 2 heterocycles. The minimum absolute atomic E-state index is 0.426. The lowest BCUT2D eigenvalue weighted by Gasteiger charge is -1.95. The Bertz CT molecular complexity index is 453. The molecule has 0 saturated heterocycles. The predicted molar refractivity (Wildman–Crippen MR) is 53.2 cm³/mol. The third-order valence-electron chi connectivity index (χ3n) is 1.59. The predicted octanol–water partition coefficient (Wildman–Crippen LogP) is 2.04. The summed E-state index contributed by atoms with van der Waals surface area (Å²) >= 11 is 7.37. The minimum Gasteiger partial charge on any atom is -0.338 e. The number of nitrogens with one attached hydrogen (secondary N) is 1. The molecular weight excluding hydrogens is 208 g/mol. The number of aromatic nitrogens is 4. The van der Waals surface area contributed by atoms with Crippen molar-refractivity contribution in [3.05, 3.63) is 11.0 Å². The van der Waals surface area contributed by atoms with Gasteiger partial charge in [-0.1, -0.05) is 23.4 Å². The first-order valence-corrected chi connectivity index (χ1v) is 5.25. The van der Waals surface area contributed by atoms with E-state index in [9.17, 15) is 0 Å². The number of halogens is 1. The van der Waals surface area contributed by atoms with Crippen LogP contribution in [-0.4, -0.2) is 26.2 Å². The van der Waals surface area contributed by atoms with E-state index >= 15 is 0 Å². The molecule has 6 heteroatoms. The number of rotatable bonds is 1. The van der Waals surface area contributed by atoms with Crippen molar-refractivity contribution in [2.45, 2.75) is 12.1 Å². The highest BCUT2D eigenvalue weighted by molar-refractivity contribution is 7.98. The average molecular weight is 215 g/mol. The van der Waals surface area contributed by atoms with Crippen LogP contribution in [0.1, 0.15) is 5.82 Å².